The van der Waals surface area contributed by atoms with Crippen LogP contribution in [-0.2, 0) is 4.79 Å². The lowest BCUT2D eigenvalue weighted by Gasteiger charge is -2.14. The molecule has 3 rings (SSSR count). The summed E-state index contributed by atoms with van der Waals surface area (Å²) in [6, 6.07) is 7.70. The molecule has 1 aromatic carbocycles. The van der Waals surface area contributed by atoms with E-state index in [4.69, 9.17) is 0 Å². The molecule has 0 saturated heterocycles. The number of aromatic amines is 1. The second-order valence-corrected chi connectivity index (χ2v) is 5.19. The standard InChI is InChI=1S/C14H16N4O/c1-8(2)12-9(3)17-18(13(12)19)14-15-10-6-4-5-7-11(10)16-14/h4-8,12H,1-3H3,(H,15,16). The van der Waals surface area contributed by atoms with Crippen LogP contribution in [-0.4, -0.2) is 21.6 Å². The maximum absolute atomic E-state index is 12.4. The number of carbonyl (C=O) groups excluding carboxylic acids is 1. The van der Waals surface area contributed by atoms with Gasteiger partial charge >= 0.3 is 0 Å². The van der Waals surface area contributed by atoms with E-state index in [1.54, 1.807) is 0 Å². The first kappa shape index (κ1) is 11.9. The number of hydrogen-bond donors (Lipinski definition) is 1. The maximum Gasteiger partial charge on any atom is 0.259 e. The number of anilines is 1. The Morgan fingerprint density at radius 3 is 2.68 bits per heavy atom. The molecule has 19 heavy (non-hydrogen) atoms. The minimum Gasteiger partial charge on any atom is -0.322 e. The van der Waals surface area contributed by atoms with Gasteiger partial charge in [0.1, 0.15) is 0 Å². The van der Waals surface area contributed by atoms with Crippen molar-refractivity contribution in [3.05, 3.63) is 24.3 Å². The van der Waals surface area contributed by atoms with Crippen molar-refractivity contribution < 1.29 is 4.79 Å². The topological polar surface area (TPSA) is 61.4 Å². The summed E-state index contributed by atoms with van der Waals surface area (Å²) in [6.45, 7) is 5.96. The van der Waals surface area contributed by atoms with Gasteiger partial charge in [0.2, 0.25) is 5.95 Å². The van der Waals surface area contributed by atoms with E-state index in [2.05, 4.69) is 15.1 Å². The fourth-order valence-corrected chi connectivity index (χ4v) is 2.54. The molecule has 2 aromatic rings. The number of hydrogen-bond acceptors (Lipinski definition) is 3. The van der Waals surface area contributed by atoms with E-state index in [9.17, 15) is 4.79 Å². The highest BCUT2D eigenvalue weighted by Crippen LogP contribution is 2.27. The lowest BCUT2D eigenvalue weighted by Crippen LogP contribution is -2.30. The number of carbonyl (C=O) groups is 1. The van der Waals surface area contributed by atoms with Crippen LogP contribution in [0.4, 0.5) is 5.95 Å². The number of hydrazone groups is 1. The molecule has 1 aliphatic heterocycles. The first-order valence-corrected chi connectivity index (χ1v) is 6.41. The van der Waals surface area contributed by atoms with Crippen LogP contribution in [0, 0.1) is 11.8 Å². The molecular formula is C14H16N4O. The predicted molar refractivity (Wildman–Crippen MR) is 75.0 cm³/mol. The van der Waals surface area contributed by atoms with E-state index >= 15 is 0 Å². The van der Waals surface area contributed by atoms with E-state index in [0.29, 0.717) is 5.95 Å². The summed E-state index contributed by atoms with van der Waals surface area (Å²) >= 11 is 0. The highest BCUT2D eigenvalue weighted by atomic mass is 16.2. The summed E-state index contributed by atoms with van der Waals surface area (Å²) < 4.78 is 0. The molecule has 1 aliphatic rings. The fourth-order valence-electron chi connectivity index (χ4n) is 2.54. The minimum atomic E-state index is -0.145. The lowest BCUT2D eigenvalue weighted by atomic mass is 9.92. The van der Waals surface area contributed by atoms with Gasteiger partial charge in [0.15, 0.2) is 0 Å². The molecule has 5 nitrogen and oxygen atoms in total. The van der Waals surface area contributed by atoms with E-state index in [-0.39, 0.29) is 17.7 Å². The largest absolute Gasteiger partial charge is 0.322 e. The van der Waals surface area contributed by atoms with Crippen molar-refractivity contribution in [3.63, 3.8) is 0 Å². The second kappa shape index (κ2) is 4.19. The molecule has 1 N–H and O–H groups in total. The van der Waals surface area contributed by atoms with Gasteiger partial charge in [-0.2, -0.15) is 10.1 Å². The molecule has 2 heterocycles. The molecule has 0 fully saturated rings. The Hall–Kier alpha value is -2.17. The zero-order valence-electron chi connectivity index (χ0n) is 11.2. The van der Waals surface area contributed by atoms with Crippen LogP contribution in [0.15, 0.2) is 29.4 Å². The number of nitrogens with zero attached hydrogens (tertiary/aromatic N) is 3. The van der Waals surface area contributed by atoms with Gasteiger partial charge in [-0.3, -0.25) is 4.79 Å². The van der Waals surface area contributed by atoms with E-state index < -0.39 is 0 Å². The molecular weight excluding hydrogens is 240 g/mol. The summed E-state index contributed by atoms with van der Waals surface area (Å²) in [4.78, 5) is 19.9. The minimum absolute atomic E-state index is 0.00782. The summed E-state index contributed by atoms with van der Waals surface area (Å²) in [5.74, 6) is 0.582. The molecule has 98 valence electrons. The highest BCUT2D eigenvalue weighted by molar-refractivity contribution is 6.14. The van der Waals surface area contributed by atoms with Gasteiger partial charge in [0.25, 0.3) is 5.91 Å². The summed E-state index contributed by atoms with van der Waals surface area (Å²) in [5.41, 5.74) is 2.60. The fraction of sp³-hybridized carbons (Fsp3) is 0.357. The number of benzene rings is 1. The van der Waals surface area contributed by atoms with Crippen LogP contribution in [0.3, 0.4) is 0 Å². The number of amides is 1. The van der Waals surface area contributed by atoms with Crippen molar-refractivity contribution in [3.8, 4) is 0 Å². The number of para-hydroxylation sites is 2. The van der Waals surface area contributed by atoms with E-state index in [1.807, 2.05) is 45.0 Å². The Bertz CT molecular complexity index is 638. The number of fused-ring (bicyclic) bond motifs is 1. The average Bonchev–Trinajstić information content (AvgIpc) is 2.89. The third-order valence-electron chi connectivity index (χ3n) is 3.43. The molecule has 0 aliphatic carbocycles. The van der Waals surface area contributed by atoms with Crippen molar-refractivity contribution in [2.24, 2.45) is 16.9 Å². The van der Waals surface area contributed by atoms with Gasteiger partial charge in [-0.15, -0.1) is 0 Å². The quantitative estimate of drug-likeness (QED) is 0.897. The van der Waals surface area contributed by atoms with Crippen molar-refractivity contribution in [2.75, 3.05) is 5.01 Å². The Morgan fingerprint density at radius 1 is 1.32 bits per heavy atom. The Labute approximate surface area is 111 Å². The second-order valence-electron chi connectivity index (χ2n) is 5.19. The monoisotopic (exact) mass is 256 g/mol. The third-order valence-corrected chi connectivity index (χ3v) is 3.43. The van der Waals surface area contributed by atoms with Crippen molar-refractivity contribution in [2.45, 2.75) is 20.8 Å². The van der Waals surface area contributed by atoms with Gasteiger partial charge in [-0.05, 0) is 25.0 Å². The first-order valence-electron chi connectivity index (χ1n) is 6.41. The number of rotatable bonds is 2. The summed E-state index contributed by atoms with van der Waals surface area (Å²) in [7, 11) is 0. The molecule has 1 amide bonds. The van der Waals surface area contributed by atoms with Gasteiger partial charge in [0, 0.05) is 5.71 Å². The zero-order chi connectivity index (χ0) is 13.6. The Kier molecular flexibility index (Phi) is 2.62. The third kappa shape index (κ3) is 1.82. The molecule has 1 unspecified atom stereocenters. The predicted octanol–water partition coefficient (Wildman–Crippen LogP) is 2.56. The first-order chi connectivity index (χ1) is 9.08. The highest BCUT2D eigenvalue weighted by Gasteiger charge is 2.37. The van der Waals surface area contributed by atoms with Crippen molar-refractivity contribution in [1.82, 2.24) is 9.97 Å². The Morgan fingerprint density at radius 2 is 2.05 bits per heavy atom. The number of aromatic nitrogens is 2. The maximum atomic E-state index is 12.4. The van der Waals surface area contributed by atoms with Crippen LogP contribution in [0.5, 0.6) is 0 Å². The smallest absolute Gasteiger partial charge is 0.259 e. The van der Waals surface area contributed by atoms with Gasteiger partial charge < -0.3 is 4.98 Å². The van der Waals surface area contributed by atoms with Crippen LogP contribution in [0.25, 0.3) is 11.0 Å². The van der Waals surface area contributed by atoms with Crippen LogP contribution >= 0.6 is 0 Å². The normalized spacial score (nSPS) is 19.6. The summed E-state index contributed by atoms with van der Waals surface area (Å²) in [5, 5.41) is 5.73. The van der Waals surface area contributed by atoms with Crippen LogP contribution in [0.1, 0.15) is 20.8 Å². The number of H-pyrrole nitrogens is 1. The molecule has 1 atom stereocenters. The number of nitrogens with one attached hydrogen (secondary N) is 1. The van der Waals surface area contributed by atoms with E-state index in [1.165, 1.54) is 5.01 Å². The molecule has 0 bridgehead atoms. The Balaban J connectivity index is 2.01. The van der Waals surface area contributed by atoms with Crippen molar-refractivity contribution in [1.29, 1.82) is 0 Å². The number of imidazole rings is 1. The molecule has 0 radical (unpaired) electrons. The van der Waals surface area contributed by atoms with Crippen LogP contribution < -0.4 is 5.01 Å². The van der Waals surface area contributed by atoms with E-state index in [0.717, 1.165) is 16.7 Å². The van der Waals surface area contributed by atoms with Gasteiger partial charge in [-0.25, -0.2) is 4.98 Å². The SMILES string of the molecule is CC1=NN(c2nc3ccccc3[nH]2)C(=O)C1C(C)C. The average molecular weight is 256 g/mol. The molecule has 0 saturated carbocycles. The van der Waals surface area contributed by atoms with Crippen molar-refractivity contribution >= 4 is 28.6 Å². The molecule has 5 heteroatoms. The van der Waals surface area contributed by atoms with Crippen LogP contribution in [0.2, 0.25) is 0 Å². The molecule has 0 spiro atoms. The lowest BCUT2D eigenvalue weighted by molar-refractivity contribution is -0.120. The zero-order valence-corrected chi connectivity index (χ0v) is 11.2. The van der Waals surface area contributed by atoms with Gasteiger partial charge in [0.05, 0.1) is 17.0 Å². The molecule has 1 aromatic heterocycles. The summed E-state index contributed by atoms with van der Waals surface area (Å²) in [6.07, 6.45) is 0. The van der Waals surface area contributed by atoms with Gasteiger partial charge in [-0.1, -0.05) is 26.0 Å².